The van der Waals surface area contributed by atoms with E-state index >= 15 is 0 Å². The molecule has 0 radical (unpaired) electrons. The van der Waals surface area contributed by atoms with Gasteiger partial charge in [0.25, 0.3) is 11.5 Å². The first-order valence-corrected chi connectivity index (χ1v) is 16.2. The molecule has 0 aliphatic carbocycles. The van der Waals surface area contributed by atoms with Crippen molar-refractivity contribution in [3.8, 4) is 28.7 Å². The average Bonchev–Trinajstić information content (AvgIpc) is 3.05. The minimum atomic E-state index is -0.465. The molecule has 0 saturated carbocycles. The van der Waals surface area contributed by atoms with E-state index in [-0.39, 0.29) is 21.6 Å². The van der Waals surface area contributed by atoms with Crippen LogP contribution in [0.1, 0.15) is 19.4 Å². The number of carbonyl (C=O) groups is 1. The molecule has 2 aliphatic rings. The van der Waals surface area contributed by atoms with Gasteiger partial charge >= 0.3 is 0 Å². The number of halogens is 1. The lowest BCUT2D eigenvalue weighted by Crippen LogP contribution is -2.70. The molecule has 2 saturated heterocycles. The fraction of sp³-hybridized carbons (Fsp3) is 0.361. The summed E-state index contributed by atoms with van der Waals surface area (Å²) in [6, 6.07) is 14.5. The number of carbonyl (C=O) groups excluding carboxylic acids is 1. The van der Waals surface area contributed by atoms with Gasteiger partial charge in [-0.25, -0.2) is 4.98 Å². The van der Waals surface area contributed by atoms with Gasteiger partial charge in [0, 0.05) is 72.1 Å². The van der Waals surface area contributed by atoms with Crippen LogP contribution in [0, 0.1) is 16.7 Å². The highest BCUT2D eigenvalue weighted by Gasteiger charge is 2.52. The highest BCUT2D eigenvalue weighted by molar-refractivity contribution is 6.35. The number of nitrogens with one attached hydrogen (secondary N) is 2. The van der Waals surface area contributed by atoms with E-state index in [9.17, 15) is 14.9 Å². The average molecular weight is 684 g/mol. The maximum Gasteiger partial charge on any atom is 0.266 e. The van der Waals surface area contributed by atoms with Crippen LogP contribution < -0.4 is 25.7 Å². The standard InChI is InChI=1S/C36H38ClN7O5/c1-35(2,43-18-36(19-43)20-49-21-36)15-24(16-38)32(45)41-25-8-6-22(7-9-25)10-11-44-31-23(17-40-34(39-3)42-31)12-28(33(44)46)27-13-26(47-4)14-29(48-5)30(27)37/h6-9,12-15,17H,10-11,18-21H2,1-5H3,(H,41,45)(H,39,40,42). The molecule has 2 N–H and O–H groups in total. The normalized spacial score (nSPS) is 15.7. The number of pyridine rings is 1. The molecule has 12 nitrogen and oxygen atoms in total. The van der Waals surface area contributed by atoms with Crippen molar-refractivity contribution in [2.24, 2.45) is 5.41 Å². The lowest BCUT2D eigenvalue weighted by atomic mass is 9.75. The first kappa shape index (κ1) is 33.9. The Balaban J connectivity index is 1.21. The van der Waals surface area contributed by atoms with Crippen LogP contribution in [0.3, 0.4) is 0 Å². The van der Waals surface area contributed by atoms with Crippen molar-refractivity contribution in [2.45, 2.75) is 32.4 Å². The van der Waals surface area contributed by atoms with Gasteiger partial charge < -0.3 is 24.8 Å². The predicted molar refractivity (Wildman–Crippen MR) is 188 cm³/mol. The molecule has 2 aromatic heterocycles. The van der Waals surface area contributed by atoms with E-state index in [4.69, 9.17) is 25.8 Å². The van der Waals surface area contributed by atoms with Crippen molar-refractivity contribution in [3.63, 3.8) is 0 Å². The van der Waals surface area contributed by atoms with Gasteiger partial charge in [-0.2, -0.15) is 10.2 Å². The summed E-state index contributed by atoms with van der Waals surface area (Å²) >= 11 is 6.69. The summed E-state index contributed by atoms with van der Waals surface area (Å²) in [5.41, 5.74) is 2.32. The number of likely N-dealkylation sites (tertiary alicyclic amines) is 1. The molecule has 49 heavy (non-hydrogen) atoms. The number of hydrogen-bond donors (Lipinski definition) is 2. The smallest absolute Gasteiger partial charge is 0.266 e. The predicted octanol–water partition coefficient (Wildman–Crippen LogP) is 4.91. The van der Waals surface area contributed by atoms with Gasteiger partial charge in [0.2, 0.25) is 5.95 Å². The second kappa shape index (κ2) is 13.5. The number of hydrogen-bond acceptors (Lipinski definition) is 10. The molecule has 1 amide bonds. The second-order valence-electron chi connectivity index (χ2n) is 13.0. The second-order valence-corrected chi connectivity index (χ2v) is 13.4. The number of nitrogens with zero attached hydrogens (tertiary/aromatic N) is 5. The first-order valence-electron chi connectivity index (χ1n) is 15.9. The molecule has 0 unspecified atom stereocenters. The molecule has 6 rings (SSSR count). The summed E-state index contributed by atoms with van der Waals surface area (Å²) < 4.78 is 17.9. The monoisotopic (exact) mass is 683 g/mol. The van der Waals surface area contributed by atoms with Gasteiger partial charge in [0.15, 0.2) is 0 Å². The third kappa shape index (κ3) is 6.70. The number of anilines is 2. The summed E-state index contributed by atoms with van der Waals surface area (Å²) in [6.07, 6.45) is 3.88. The van der Waals surface area contributed by atoms with Gasteiger partial charge in [-0.05, 0) is 56.2 Å². The van der Waals surface area contributed by atoms with Crippen molar-refractivity contribution in [1.29, 1.82) is 5.26 Å². The van der Waals surface area contributed by atoms with Crippen molar-refractivity contribution < 1.29 is 19.0 Å². The van der Waals surface area contributed by atoms with E-state index in [2.05, 4.69) is 31.6 Å². The molecule has 2 fully saturated rings. The third-order valence-corrected chi connectivity index (χ3v) is 9.58. The number of rotatable bonds is 11. The molecule has 4 heterocycles. The Bertz CT molecular complexity index is 2040. The Kier molecular flexibility index (Phi) is 9.35. The molecule has 4 aromatic rings. The molecule has 0 bridgehead atoms. The summed E-state index contributed by atoms with van der Waals surface area (Å²) in [5, 5.41) is 16.5. The molecule has 1 spiro atoms. The molecular formula is C36H38ClN7O5. The Morgan fingerprint density at radius 3 is 2.49 bits per heavy atom. The number of ether oxygens (including phenoxy) is 3. The maximum absolute atomic E-state index is 14.1. The fourth-order valence-corrected chi connectivity index (χ4v) is 6.53. The zero-order valence-electron chi connectivity index (χ0n) is 28.1. The third-order valence-electron chi connectivity index (χ3n) is 9.19. The first-order chi connectivity index (χ1) is 23.5. The number of amides is 1. The topological polar surface area (TPSA) is 144 Å². The number of fused-ring (bicyclic) bond motifs is 1. The van der Waals surface area contributed by atoms with Crippen LogP contribution >= 0.6 is 11.6 Å². The van der Waals surface area contributed by atoms with E-state index in [1.165, 1.54) is 14.2 Å². The van der Waals surface area contributed by atoms with E-state index in [1.54, 1.807) is 54.2 Å². The van der Waals surface area contributed by atoms with Crippen molar-refractivity contribution in [1.82, 2.24) is 19.4 Å². The van der Waals surface area contributed by atoms with Crippen molar-refractivity contribution in [2.75, 3.05) is 58.2 Å². The summed E-state index contributed by atoms with van der Waals surface area (Å²) in [6.45, 7) is 7.63. The van der Waals surface area contributed by atoms with Crippen molar-refractivity contribution in [3.05, 3.63) is 81.3 Å². The van der Waals surface area contributed by atoms with Crippen LogP contribution in [0.2, 0.25) is 5.02 Å². The molecule has 2 aromatic carbocycles. The van der Waals surface area contributed by atoms with Crippen LogP contribution in [-0.4, -0.2) is 78.5 Å². The maximum atomic E-state index is 14.1. The van der Waals surface area contributed by atoms with Crippen LogP contribution in [0.5, 0.6) is 11.5 Å². The molecule has 0 atom stereocenters. The number of benzene rings is 2. The Hall–Kier alpha value is -4.96. The minimum absolute atomic E-state index is 0.0581. The summed E-state index contributed by atoms with van der Waals surface area (Å²) in [5.74, 6) is 0.787. The number of nitriles is 1. The van der Waals surface area contributed by atoms with E-state index in [0.717, 1.165) is 31.9 Å². The zero-order valence-corrected chi connectivity index (χ0v) is 28.8. The number of methoxy groups -OCH3 is 2. The van der Waals surface area contributed by atoms with Crippen LogP contribution in [0.4, 0.5) is 11.6 Å². The number of aryl methyl sites for hydroxylation is 2. The van der Waals surface area contributed by atoms with Gasteiger partial charge in [0.1, 0.15) is 28.8 Å². The number of aromatic nitrogens is 3. The Morgan fingerprint density at radius 2 is 1.88 bits per heavy atom. The van der Waals surface area contributed by atoms with E-state index in [0.29, 0.717) is 58.3 Å². The molecule has 13 heteroatoms. The summed E-state index contributed by atoms with van der Waals surface area (Å²) in [7, 11) is 4.74. The van der Waals surface area contributed by atoms with Crippen LogP contribution in [-0.2, 0) is 22.5 Å². The fourth-order valence-electron chi connectivity index (χ4n) is 6.25. The van der Waals surface area contributed by atoms with Crippen molar-refractivity contribution >= 4 is 40.2 Å². The van der Waals surface area contributed by atoms with Gasteiger partial charge in [-0.3, -0.25) is 19.1 Å². The Labute approximate surface area is 289 Å². The largest absolute Gasteiger partial charge is 0.497 e. The van der Waals surface area contributed by atoms with Gasteiger partial charge in [0.05, 0.1) is 32.5 Å². The zero-order chi connectivity index (χ0) is 34.9. The van der Waals surface area contributed by atoms with Crippen LogP contribution in [0.25, 0.3) is 22.2 Å². The lowest BCUT2D eigenvalue weighted by Gasteiger charge is -2.59. The quantitative estimate of drug-likeness (QED) is 0.165. The van der Waals surface area contributed by atoms with Gasteiger partial charge in [-0.15, -0.1) is 0 Å². The highest BCUT2D eigenvalue weighted by atomic mass is 35.5. The molecule has 2 aliphatic heterocycles. The van der Waals surface area contributed by atoms with Crippen LogP contribution in [0.15, 0.2) is 65.1 Å². The molecule has 254 valence electrons. The molecular weight excluding hydrogens is 646 g/mol. The van der Waals surface area contributed by atoms with Gasteiger partial charge in [-0.1, -0.05) is 23.7 Å². The minimum Gasteiger partial charge on any atom is -0.497 e. The van der Waals surface area contributed by atoms with E-state index < -0.39 is 11.4 Å². The highest BCUT2D eigenvalue weighted by Crippen LogP contribution is 2.42. The summed E-state index contributed by atoms with van der Waals surface area (Å²) in [4.78, 5) is 38.4. The lowest BCUT2D eigenvalue weighted by molar-refractivity contribution is -0.204. The Morgan fingerprint density at radius 1 is 1.14 bits per heavy atom. The SMILES string of the molecule is CNc1ncc2cc(-c3cc(OC)cc(OC)c3Cl)c(=O)n(CCc3ccc(NC(=O)C(C#N)=CC(C)(C)N4CC5(COC5)C4)cc3)c2n1. The van der Waals surface area contributed by atoms with E-state index in [1.807, 2.05) is 26.0 Å².